The van der Waals surface area contributed by atoms with E-state index in [0.29, 0.717) is 30.0 Å². The zero-order valence-electron chi connectivity index (χ0n) is 19.7. The summed E-state index contributed by atoms with van der Waals surface area (Å²) in [7, 11) is 0. The largest absolute Gasteiger partial charge is 0.490 e. The number of amides is 1. The smallest absolute Gasteiger partial charge is 0.257 e. The van der Waals surface area contributed by atoms with Crippen LogP contribution in [0.4, 0.5) is 17.1 Å². The van der Waals surface area contributed by atoms with Crippen molar-refractivity contribution in [1.29, 1.82) is 5.26 Å². The molecule has 1 amide bonds. The van der Waals surface area contributed by atoms with Crippen molar-refractivity contribution in [2.45, 2.75) is 6.42 Å². The lowest BCUT2D eigenvalue weighted by Gasteiger charge is -2.13. The number of carbonyl (C=O) groups is 1. The molecule has 37 heavy (non-hydrogen) atoms. The molecule has 3 heterocycles. The van der Waals surface area contributed by atoms with Gasteiger partial charge in [0.25, 0.3) is 5.91 Å². The number of nitrogens with one attached hydrogen (secondary N) is 2. The molecule has 0 aliphatic carbocycles. The summed E-state index contributed by atoms with van der Waals surface area (Å²) >= 11 is 0. The van der Waals surface area contributed by atoms with Crippen LogP contribution in [-0.4, -0.2) is 22.5 Å². The normalized spacial score (nSPS) is 11.9. The summed E-state index contributed by atoms with van der Waals surface area (Å²) in [4.78, 5) is 21.3. The Labute approximate surface area is 213 Å². The van der Waals surface area contributed by atoms with E-state index in [1.54, 1.807) is 24.5 Å². The van der Waals surface area contributed by atoms with Crippen LogP contribution in [0, 0.1) is 11.3 Å². The Morgan fingerprint density at radius 2 is 1.81 bits per heavy atom. The van der Waals surface area contributed by atoms with Crippen molar-refractivity contribution in [2.75, 3.05) is 17.2 Å². The minimum absolute atomic E-state index is 0.169. The maximum atomic E-state index is 13.1. The van der Waals surface area contributed by atoms with Gasteiger partial charge < -0.3 is 15.4 Å². The first kappa shape index (κ1) is 22.3. The average molecular weight is 484 g/mol. The van der Waals surface area contributed by atoms with Crippen molar-refractivity contribution in [3.8, 4) is 22.9 Å². The number of ether oxygens (including phenoxy) is 1. The molecule has 3 aromatic carbocycles. The molecule has 2 N–H and O–H groups in total. The van der Waals surface area contributed by atoms with Crippen LogP contribution in [0.3, 0.4) is 0 Å². The molecule has 0 radical (unpaired) electrons. The highest BCUT2D eigenvalue weighted by Gasteiger charge is 2.20. The summed E-state index contributed by atoms with van der Waals surface area (Å²) in [5, 5.41) is 17.8. The van der Waals surface area contributed by atoms with Gasteiger partial charge in [-0.1, -0.05) is 30.3 Å². The summed E-state index contributed by atoms with van der Waals surface area (Å²) in [6.07, 6.45) is 5.81. The van der Waals surface area contributed by atoms with Crippen LogP contribution >= 0.6 is 0 Å². The van der Waals surface area contributed by atoms with Gasteiger partial charge in [0.1, 0.15) is 6.07 Å². The van der Waals surface area contributed by atoms with Crippen LogP contribution in [0.15, 0.2) is 91.4 Å². The molecule has 0 spiro atoms. The third-order valence-electron chi connectivity index (χ3n) is 6.38. The number of rotatable bonds is 5. The number of fused-ring (bicyclic) bond motifs is 3. The van der Waals surface area contributed by atoms with Crippen LogP contribution in [0.25, 0.3) is 21.9 Å². The SMILES string of the molecule is N#Cc1ncccc1OCCc1ccc2c(c1)NC(=O)c1ccc(-c3cccc4cnccc34)cc1N2. The van der Waals surface area contributed by atoms with Gasteiger partial charge in [-0.2, -0.15) is 5.26 Å². The number of hydrogen-bond donors (Lipinski definition) is 2. The maximum absolute atomic E-state index is 13.1. The van der Waals surface area contributed by atoms with Gasteiger partial charge in [0.15, 0.2) is 11.4 Å². The predicted molar refractivity (Wildman–Crippen MR) is 143 cm³/mol. The van der Waals surface area contributed by atoms with E-state index in [2.05, 4.69) is 26.7 Å². The van der Waals surface area contributed by atoms with E-state index in [1.807, 2.05) is 66.9 Å². The van der Waals surface area contributed by atoms with Crippen molar-refractivity contribution in [3.63, 3.8) is 0 Å². The van der Waals surface area contributed by atoms with E-state index in [0.717, 1.165) is 38.8 Å². The van der Waals surface area contributed by atoms with Gasteiger partial charge in [-0.15, -0.1) is 0 Å². The maximum Gasteiger partial charge on any atom is 0.257 e. The van der Waals surface area contributed by atoms with Crippen molar-refractivity contribution >= 4 is 33.7 Å². The Morgan fingerprint density at radius 1 is 0.865 bits per heavy atom. The Morgan fingerprint density at radius 3 is 2.73 bits per heavy atom. The number of pyridine rings is 2. The number of benzene rings is 3. The molecule has 2 aromatic heterocycles. The van der Waals surface area contributed by atoms with Gasteiger partial charge in [0, 0.05) is 30.4 Å². The second-order valence-electron chi connectivity index (χ2n) is 8.68. The van der Waals surface area contributed by atoms with Crippen LogP contribution in [-0.2, 0) is 6.42 Å². The molecule has 1 aliphatic rings. The second-order valence-corrected chi connectivity index (χ2v) is 8.68. The highest BCUT2D eigenvalue weighted by Crippen LogP contribution is 2.36. The Balaban J connectivity index is 1.25. The van der Waals surface area contributed by atoms with Gasteiger partial charge >= 0.3 is 0 Å². The van der Waals surface area contributed by atoms with Gasteiger partial charge in [-0.05, 0) is 64.5 Å². The summed E-state index contributed by atoms with van der Waals surface area (Å²) in [6.45, 7) is 0.380. The fourth-order valence-electron chi connectivity index (χ4n) is 4.55. The lowest BCUT2D eigenvalue weighted by molar-refractivity contribution is 0.102. The average Bonchev–Trinajstić information content (AvgIpc) is 3.07. The van der Waals surface area contributed by atoms with E-state index >= 15 is 0 Å². The molecule has 6 rings (SSSR count). The van der Waals surface area contributed by atoms with Gasteiger partial charge in [0.2, 0.25) is 0 Å². The summed E-state index contributed by atoms with van der Waals surface area (Å²) < 4.78 is 5.77. The molecule has 0 fully saturated rings. The predicted octanol–water partition coefficient (Wildman–Crippen LogP) is 6.10. The third kappa shape index (κ3) is 4.32. The molecule has 7 nitrogen and oxygen atoms in total. The second kappa shape index (κ2) is 9.44. The van der Waals surface area contributed by atoms with Crippen molar-refractivity contribution in [2.24, 2.45) is 0 Å². The number of anilines is 3. The van der Waals surface area contributed by atoms with Crippen molar-refractivity contribution < 1.29 is 9.53 Å². The molecule has 7 heteroatoms. The topological polar surface area (TPSA) is 99.9 Å². The molecule has 0 saturated carbocycles. The van der Waals surface area contributed by atoms with E-state index in [-0.39, 0.29) is 11.6 Å². The molecule has 0 bridgehead atoms. The molecular formula is C30H21N5O2. The Hall–Kier alpha value is -5.22. The zero-order chi connectivity index (χ0) is 25.2. The minimum atomic E-state index is -0.169. The van der Waals surface area contributed by atoms with Gasteiger partial charge in [-0.3, -0.25) is 9.78 Å². The first-order valence-corrected chi connectivity index (χ1v) is 11.9. The Kier molecular flexibility index (Phi) is 5.68. The highest BCUT2D eigenvalue weighted by atomic mass is 16.5. The molecule has 0 atom stereocenters. The van der Waals surface area contributed by atoms with E-state index in [9.17, 15) is 10.1 Å². The summed E-state index contributed by atoms with van der Waals surface area (Å²) in [5.74, 6) is 0.292. The molecular weight excluding hydrogens is 462 g/mol. The first-order chi connectivity index (χ1) is 18.2. The summed E-state index contributed by atoms with van der Waals surface area (Å²) in [6, 6.07) is 25.4. The first-order valence-electron chi connectivity index (χ1n) is 11.9. The monoisotopic (exact) mass is 483 g/mol. The van der Waals surface area contributed by atoms with Crippen LogP contribution in [0.1, 0.15) is 21.6 Å². The van der Waals surface area contributed by atoms with Crippen LogP contribution in [0.5, 0.6) is 5.75 Å². The quantitative estimate of drug-likeness (QED) is 0.313. The Bertz CT molecular complexity index is 1700. The van der Waals surface area contributed by atoms with Crippen LogP contribution < -0.4 is 15.4 Å². The molecule has 1 aliphatic heterocycles. The fourth-order valence-corrected chi connectivity index (χ4v) is 4.55. The van der Waals surface area contributed by atoms with Crippen molar-refractivity contribution in [3.05, 3.63) is 108 Å². The van der Waals surface area contributed by atoms with E-state index in [1.165, 1.54) is 0 Å². The standard InChI is InChI=1S/C30H21N5O2/c31-17-28-29(5-2-12-33-28)37-14-11-19-6-9-25-27(15-19)35-30(36)24-8-7-20(16-26(24)34-25)22-4-1-3-21-18-32-13-10-23(21)22/h1-10,12-13,15-16,18,34H,11,14H2,(H,35,36). The lowest BCUT2D eigenvalue weighted by atomic mass is 9.97. The lowest BCUT2D eigenvalue weighted by Crippen LogP contribution is -2.11. The number of aromatic nitrogens is 2. The van der Waals surface area contributed by atoms with Crippen LogP contribution in [0.2, 0.25) is 0 Å². The third-order valence-corrected chi connectivity index (χ3v) is 6.38. The van der Waals surface area contributed by atoms with E-state index in [4.69, 9.17) is 4.74 Å². The zero-order valence-corrected chi connectivity index (χ0v) is 19.7. The van der Waals surface area contributed by atoms with Gasteiger partial charge in [-0.25, -0.2) is 4.98 Å². The minimum Gasteiger partial charge on any atom is -0.490 e. The number of hydrogen-bond acceptors (Lipinski definition) is 6. The molecule has 0 unspecified atom stereocenters. The number of nitriles is 1. The number of carbonyl (C=O) groups excluding carboxylic acids is 1. The fraction of sp³-hybridized carbons (Fsp3) is 0.0667. The van der Waals surface area contributed by atoms with Crippen molar-refractivity contribution in [1.82, 2.24) is 9.97 Å². The molecule has 0 saturated heterocycles. The highest BCUT2D eigenvalue weighted by molar-refractivity contribution is 6.13. The van der Waals surface area contributed by atoms with Gasteiger partial charge in [0.05, 0.1) is 29.2 Å². The molecule has 5 aromatic rings. The molecule has 178 valence electrons. The summed E-state index contributed by atoms with van der Waals surface area (Å²) in [5.41, 5.74) is 6.20. The number of nitrogens with zero attached hydrogens (tertiary/aromatic N) is 3. The van der Waals surface area contributed by atoms with E-state index < -0.39 is 0 Å².